The summed E-state index contributed by atoms with van der Waals surface area (Å²) in [5, 5.41) is 0. The quantitative estimate of drug-likeness (QED) is 0.865. The summed E-state index contributed by atoms with van der Waals surface area (Å²) in [6.07, 6.45) is 3.55. The van der Waals surface area contributed by atoms with Crippen LogP contribution in [0.3, 0.4) is 0 Å². The van der Waals surface area contributed by atoms with Crippen LogP contribution in [0.25, 0.3) is 0 Å². The minimum Gasteiger partial charge on any atom is -0.490 e. The van der Waals surface area contributed by atoms with Gasteiger partial charge in [-0.05, 0) is 44.0 Å². The van der Waals surface area contributed by atoms with Crippen LogP contribution >= 0.6 is 0 Å². The molecule has 1 aromatic heterocycles. The molecule has 4 nitrogen and oxygen atoms in total. The zero-order valence-electron chi connectivity index (χ0n) is 14.6. The molecule has 4 heteroatoms. The number of piperidine rings is 1. The van der Waals surface area contributed by atoms with E-state index in [0.29, 0.717) is 5.56 Å². The number of nitrogens with zero attached hydrogens (tertiary/aromatic N) is 2. The van der Waals surface area contributed by atoms with Gasteiger partial charge in [-0.2, -0.15) is 0 Å². The standard InChI is InChI=1S/C20H24N2O2/c1-14-5-4-6-15(2)19(14)24-18-9-11-22(12-10-18)20(23)17-8-7-16(3)21-13-17/h4-8,13,18H,9-12H2,1-3H3. The average Bonchev–Trinajstić information content (AvgIpc) is 2.59. The summed E-state index contributed by atoms with van der Waals surface area (Å²) in [4.78, 5) is 18.6. The number of carbonyl (C=O) groups excluding carboxylic acids is 1. The number of pyridine rings is 1. The molecule has 0 saturated carbocycles. The first-order chi connectivity index (χ1) is 11.5. The number of carbonyl (C=O) groups is 1. The van der Waals surface area contributed by atoms with Crippen LogP contribution in [0, 0.1) is 20.8 Å². The van der Waals surface area contributed by atoms with Crippen molar-refractivity contribution in [3.8, 4) is 5.75 Å². The van der Waals surface area contributed by atoms with Gasteiger partial charge in [-0.15, -0.1) is 0 Å². The molecule has 0 N–H and O–H groups in total. The summed E-state index contributed by atoms with van der Waals surface area (Å²) in [5.41, 5.74) is 3.92. The number of hydrogen-bond donors (Lipinski definition) is 0. The number of para-hydroxylation sites is 1. The molecule has 3 rings (SSSR count). The Morgan fingerprint density at radius 1 is 1.08 bits per heavy atom. The highest BCUT2D eigenvalue weighted by Gasteiger charge is 2.25. The van der Waals surface area contributed by atoms with Gasteiger partial charge in [0, 0.05) is 37.8 Å². The van der Waals surface area contributed by atoms with Gasteiger partial charge in [-0.25, -0.2) is 0 Å². The molecule has 1 aromatic carbocycles. The van der Waals surface area contributed by atoms with Gasteiger partial charge in [-0.1, -0.05) is 18.2 Å². The maximum atomic E-state index is 12.5. The molecule has 1 fully saturated rings. The van der Waals surface area contributed by atoms with Gasteiger partial charge in [0.25, 0.3) is 5.91 Å². The molecule has 0 atom stereocenters. The number of hydrogen-bond acceptors (Lipinski definition) is 3. The molecular formula is C20H24N2O2. The first-order valence-corrected chi connectivity index (χ1v) is 8.49. The van der Waals surface area contributed by atoms with Crippen molar-refractivity contribution in [2.75, 3.05) is 13.1 Å². The normalized spacial score (nSPS) is 15.4. The second-order valence-corrected chi connectivity index (χ2v) is 6.52. The van der Waals surface area contributed by atoms with Crippen LogP contribution in [0.4, 0.5) is 0 Å². The third-order valence-corrected chi connectivity index (χ3v) is 4.58. The summed E-state index contributed by atoms with van der Waals surface area (Å²) in [6, 6.07) is 9.93. The molecule has 2 heterocycles. The number of amides is 1. The molecule has 0 aliphatic carbocycles. The van der Waals surface area contributed by atoms with Gasteiger partial charge in [-0.3, -0.25) is 9.78 Å². The van der Waals surface area contributed by atoms with Crippen LogP contribution in [0.5, 0.6) is 5.75 Å². The van der Waals surface area contributed by atoms with E-state index in [9.17, 15) is 4.79 Å². The van der Waals surface area contributed by atoms with Crippen molar-refractivity contribution in [1.29, 1.82) is 0 Å². The van der Waals surface area contributed by atoms with Crippen molar-refractivity contribution in [3.05, 3.63) is 58.9 Å². The van der Waals surface area contributed by atoms with Crippen LogP contribution in [0.15, 0.2) is 36.5 Å². The highest BCUT2D eigenvalue weighted by molar-refractivity contribution is 5.94. The van der Waals surface area contributed by atoms with E-state index in [-0.39, 0.29) is 12.0 Å². The van der Waals surface area contributed by atoms with E-state index in [0.717, 1.165) is 37.4 Å². The highest BCUT2D eigenvalue weighted by Crippen LogP contribution is 2.26. The lowest BCUT2D eigenvalue weighted by atomic mass is 10.1. The first kappa shape index (κ1) is 16.5. The number of benzene rings is 1. The number of likely N-dealkylation sites (tertiary alicyclic amines) is 1. The molecule has 1 amide bonds. The summed E-state index contributed by atoms with van der Waals surface area (Å²) >= 11 is 0. The summed E-state index contributed by atoms with van der Waals surface area (Å²) in [7, 11) is 0. The van der Waals surface area contributed by atoms with Crippen molar-refractivity contribution in [3.63, 3.8) is 0 Å². The van der Waals surface area contributed by atoms with E-state index >= 15 is 0 Å². The lowest BCUT2D eigenvalue weighted by Crippen LogP contribution is -2.41. The average molecular weight is 324 g/mol. The molecule has 1 aliphatic heterocycles. The third-order valence-electron chi connectivity index (χ3n) is 4.58. The Bertz CT molecular complexity index is 697. The minimum atomic E-state index is 0.0630. The van der Waals surface area contributed by atoms with E-state index < -0.39 is 0 Å². The summed E-state index contributed by atoms with van der Waals surface area (Å²) in [6.45, 7) is 7.52. The van der Waals surface area contributed by atoms with E-state index in [4.69, 9.17) is 4.74 Å². The van der Waals surface area contributed by atoms with Crippen LogP contribution < -0.4 is 4.74 Å². The molecule has 0 spiro atoms. The fourth-order valence-corrected chi connectivity index (χ4v) is 3.11. The lowest BCUT2D eigenvalue weighted by molar-refractivity contribution is 0.0592. The van der Waals surface area contributed by atoms with Crippen LogP contribution in [0.1, 0.15) is 40.0 Å². The fourth-order valence-electron chi connectivity index (χ4n) is 3.11. The van der Waals surface area contributed by atoms with Crippen LogP contribution in [-0.4, -0.2) is 35.0 Å². The van der Waals surface area contributed by atoms with Gasteiger partial charge >= 0.3 is 0 Å². The minimum absolute atomic E-state index is 0.0630. The van der Waals surface area contributed by atoms with E-state index in [1.54, 1.807) is 6.20 Å². The third kappa shape index (κ3) is 3.58. The maximum absolute atomic E-state index is 12.5. The molecule has 2 aromatic rings. The predicted octanol–water partition coefficient (Wildman–Crippen LogP) is 3.69. The second-order valence-electron chi connectivity index (χ2n) is 6.52. The van der Waals surface area contributed by atoms with E-state index in [1.165, 1.54) is 11.1 Å². The summed E-state index contributed by atoms with van der Waals surface area (Å²) < 4.78 is 6.22. The Morgan fingerprint density at radius 3 is 2.33 bits per heavy atom. The molecule has 24 heavy (non-hydrogen) atoms. The van der Waals surface area contributed by atoms with Gasteiger partial charge < -0.3 is 9.64 Å². The van der Waals surface area contributed by atoms with Gasteiger partial charge in [0.15, 0.2) is 0 Å². The number of aromatic nitrogens is 1. The van der Waals surface area contributed by atoms with Crippen LogP contribution in [0.2, 0.25) is 0 Å². The molecule has 126 valence electrons. The topological polar surface area (TPSA) is 42.4 Å². The molecule has 1 aliphatic rings. The Kier molecular flexibility index (Phi) is 4.84. The largest absolute Gasteiger partial charge is 0.490 e. The second kappa shape index (κ2) is 7.04. The Labute approximate surface area is 143 Å². The maximum Gasteiger partial charge on any atom is 0.255 e. The first-order valence-electron chi connectivity index (χ1n) is 8.49. The van der Waals surface area contributed by atoms with Gasteiger partial charge in [0.05, 0.1) is 5.56 Å². The fraction of sp³-hybridized carbons (Fsp3) is 0.400. The van der Waals surface area contributed by atoms with E-state index in [1.807, 2.05) is 24.0 Å². The van der Waals surface area contributed by atoms with Gasteiger partial charge in [0.2, 0.25) is 0 Å². The molecular weight excluding hydrogens is 300 g/mol. The van der Waals surface area contributed by atoms with Crippen molar-refractivity contribution in [2.45, 2.75) is 39.7 Å². The smallest absolute Gasteiger partial charge is 0.255 e. The van der Waals surface area contributed by atoms with Crippen molar-refractivity contribution in [2.24, 2.45) is 0 Å². The van der Waals surface area contributed by atoms with Crippen molar-refractivity contribution in [1.82, 2.24) is 9.88 Å². The van der Waals surface area contributed by atoms with E-state index in [2.05, 4.69) is 37.0 Å². The molecule has 0 radical (unpaired) electrons. The van der Waals surface area contributed by atoms with Crippen molar-refractivity contribution < 1.29 is 9.53 Å². The Hall–Kier alpha value is -2.36. The number of aryl methyl sites for hydroxylation is 3. The number of rotatable bonds is 3. The molecule has 0 unspecified atom stereocenters. The molecule has 1 saturated heterocycles. The SMILES string of the molecule is Cc1ccc(C(=O)N2CCC(Oc3c(C)cccc3C)CC2)cn1. The number of ether oxygens (including phenoxy) is 1. The van der Waals surface area contributed by atoms with Gasteiger partial charge in [0.1, 0.15) is 11.9 Å². The molecule has 0 bridgehead atoms. The summed E-state index contributed by atoms with van der Waals surface area (Å²) in [5.74, 6) is 1.05. The predicted molar refractivity (Wildman–Crippen MR) is 94.4 cm³/mol. The Morgan fingerprint density at radius 2 is 1.75 bits per heavy atom. The highest BCUT2D eigenvalue weighted by atomic mass is 16.5. The van der Waals surface area contributed by atoms with Crippen LogP contribution in [-0.2, 0) is 0 Å². The zero-order valence-corrected chi connectivity index (χ0v) is 14.6. The Balaban J connectivity index is 1.59. The zero-order chi connectivity index (χ0) is 17.1. The lowest BCUT2D eigenvalue weighted by Gasteiger charge is -2.32. The monoisotopic (exact) mass is 324 g/mol. The van der Waals surface area contributed by atoms with Crippen molar-refractivity contribution >= 4 is 5.91 Å².